The van der Waals surface area contributed by atoms with Crippen LogP contribution in [0.4, 0.5) is 11.4 Å². The number of anilines is 2. The van der Waals surface area contributed by atoms with Gasteiger partial charge < -0.3 is 29.9 Å². The third kappa shape index (κ3) is 4.76. The van der Waals surface area contributed by atoms with E-state index in [1.54, 1.807) is 6.07 Å². The molecule has 4 aromatic carbocycles. The number of carbonyl (C=O) groups is 1. The Hall–Kier alpha value is -4.49. The number of carbonyl (C=O) groups excluding carboxylic acids is 1. The summed E-state index contributed by atoms with van der Waals surface area (Å²) in [6, 6.07) is 28.2. The molecule has 0 atom stereocenters. The summed E-state index contributed by atoms with van der Waals surface area (Å²) in [7, 11) is 0. The number of para-hydroxylation sites is 1. The van der Waals surface area contributed by atoms with Crippen molar-refractivity contribution in [3.8, 4) is 17.2 Å². The normalized spacial score (nSPS) is 14.2. The number of ether oxygens (including phenoxy) is 1. The molecule has 7 nitrogen and oxygen atoms in total. The Balaban J connectivity index is 1.49. The lowest BCUT2D eigenvalue weighted by Gasteiger charge is -2.45. The van der Waals surface area contributed by atoms with E-state index in [0.717, 1.165) is 71.3 Å². The van der Waals surface area contributed by atoms with Crippen molar-refractivity contribution < 1.29 is 14.6 Å². The number of phenols is 1. The van der Waals surface area contributed by atoms with Crippen LogP contribution in [0.25, 0.3) is 0 Å². The number of phenolic OH excluding ortho intramolecular Hbond substituents is 1. The van der Waals surface area contributed by atoms with Gasteiger partial charge in [0.25, 0.3) is 5.91 Å². The van der Waals surface area contributed by atoms with Crippen molar-refractivity contribution in [1.29, 1.82) is 0 Å². The topological polar surface area (TPSA) is 68.3 Å². The minimum atomic E-state index is -0.850. The monoisotopic (exact) mass is 590 g/mol. The second-order valence-corrected chi connectivity index (χ2v) is 11.3. The highest BCUT2D eigenvalue weighted by atomic mass is 16.5. The summed E-state index contributed by atoms with van der Waals surface area (Å²) in [5.74, 6) is 1.82. The molecule has 4 aromatic rings. The second kappa shape index (κ2) is 12.2. The van der Waals surface area contributed by atoms with Crippen molar-refractivity contribution in [2.24, 2.45) is 0 Å². The van der Waals surface area contributed by atoms with Crippen molar-refractivity contribution in [3.63, 3.8) is 0 Å². The Morgan fingerprint density at radius 1 is 0.750 bits per heavy atom. The van der Waals surface area contributed by atoms with Crippen LogP contribution in [-0.4, -0.2) is 55.2 Å². The van der Waals surface area contributed by atoms with Gasteiger partial charge in [-0.2, -0.15) is 0 Å². The fourth-order valence-corrected chi connectivity index (χ4v) is 6.98. The van der Waals surface area contributed by atoms with Crippen LogP contribution in [-0.2, 0) is 12.1 Å². The minimum absolute atomic E-state index is 0.00407. The molecule has 0 fully saturated rings. The molecule has 228 valence electrons. The van der Waals surface area contributed by atoms with E-state index in [0.29, 0.717) is 25.2 Å². The number of hydrogen-bond acceptors (Lipinski definition) is 6. The summed E-state index contributed by atoms with van der Waals surface area (Å²) < 4.78 is 6.78. The molecular weight excluding hydrogens is 548 g/mol. The highest BCUT2D eigenvalue weighted by Crippen LogP contribution is 2.58. The van der Waals surface area contributed by atoms with E-state index in [1.165, 1.54) is 0 Å². The molecule has 0 bridgehead atoms. The smallest absolute Gasteiger partial charge is 0.255 e. The van der Waals surface area contributed by atoms with Gasteiger partial charge in [-0.3, -0.25) is 4.79 Å². The summed E-state index contributed by atoms with van der Waals surface area (Å²) in [5, 5.41) is 13.7. The summed E-state index contributed by atoms with van der Waals surface area (Å²) in [5.41, 5.74) is 5.80. The number of amides is 1. The molecule has 2 aliphatic rings. The molecule has 0 saturated carbocycles. The number of nitrogens with zero attached hydrogens (tertiary/aromatic N) is 3. The maximum Gasteiger partial charge on any atom is 0.255 e. The van der Waals surface area contributed by atoms with Crippen LogP contribution in [0.1, 0.15) is 60.3 Å². The minimum Gasteiger partial charge on any atom is -0.508 e. The van der Waals surface area contributed by atoms with Gasteiger partial charge >= 0.3 is 0 Å². The van der Waals surface area contributed by atoms with E-state index in [9.17, 15) is 9.90 Å². The third-order valence-electron chi connectivity index (χ3n) is 9.20. The Morgan fingerprint density at radius 3 is 1.91 bits per heavy atom. The number of fused-ring (bicyclic) bond motifs is 6. The highest BCUT2D eigenvalue weighted by Gasteiger charge is 2.56. The van der Waals surface area contributed by atoms with Gasteiger partial charge in [0.1, 0.15) is 22.8 Å². The van der Waals surface area contributed by atoms with Crippen LogP contribution in [0.5, 0.6) is 17.2 Å². The molecule has 1 spiro atoms. The Bertz CT molecular complexity index is 1600. The largest absolute Gasteiger partial charge is 0.508 e. The summed E-state index contributed by atoms with van der Waals surface area (Å²) in [4.78, 5) is 21.0. The quantitative estimate of drug-likeness (QED) is 0.189. The summed E-state index contributed by atoms with van der Waals surface area (Å²) in [6.07, 6.45) is 0. The van der Waals surface area contributed by atoms with Crippen LogP contribution in [0.2, 0.25) is 0 Å². The number of hydrogen-bond donors (Lipinski definition) is 2. The Morgan fingerprint density at radius 2 is 1.32 bits per heavy atom. The van der Waals surface area contributed by atoms with Crippen molar-refractivity contribution in [3.05, 3.63) is 113 Å². The molecule has 7 heteroatoms. The van der Waals surface area contributed by atoms with Gasteiger partial charge in [-0.05, 0) is 57.5 Å². The number of benzene rings is 4. The van der Waals surface area contributed by atoms with Gasteiger partial charge in [0.05, 0.1) is 0 Å². The molecule has 1 amide bonds. The van der Waals surface area contributed by atoms with E-state index >= 15 is 0 Å². The zero-order valence-corrected chi connectivity index (χ0v) is 26.1. The molecule has 6 rings (SSSR count). The molecule has 0 saturated heterocycles. The number of nitrogens with one attached hydrogen (secondary N) is 1. The van der Waals surface area contributed by atoms with Crippen molar-refractivity contribution in [1.82, 2.24) is 10.2 Å². The molecule has 44 heavy (non-hydrogen) atoms. The lowest BCUT2D eigenvalue weighted by atomic mass is 9.74. The van der Waals surface area contributed by atoms with Gasteiger partial charge in [-0.25, -0.2) is 0 Å². The molecule has 0 aliphatic carbocycles. The van der Waals surface area contributed by atoms with E-state index in [-0.39, 0.29) is 11.7 Å². The number of rotatable bonds is 11. The first kappa shape index (κ1) is 29.6. The average Bonchev–Trinajstić information content (AvgIpc) is 3.29. The summed E-state index contributed by atoms with van der Waals surface area (Å²) in [6.45, 7) is 13.7. The first-order chi connectivity index (χ1) is 21.5. The van der Waals surface area contributed by atoms with Crippen LogP contribution in [0.15, 0.2) is 84.9 Å². The molecular formula is C37H42N4O3. The van der Waals surface area contributed by atoms with Gasteiger partial charge in [-0.15, -0.1) is 0 Å². The van der Waals surface area contributed by atoms with Gasteiger partial charge in [0.15, 0.2) is 0 Å². The Labute approximate surface area is 260 Å². The lowest BCUT2D eigenvalue weighted by Crippen LogP contribution is -2.49. The zero-order chi connectivity index (χ0) is 30.8. The molecule has 2 heterocycles. The SMILES string of the molecule is CCN(CC)c1ccc2c(c1)Oc1cc(N(CC)CC)ccc1C21c2ccccc2C(=O)N1CCNCc1ccccc1O. The maximum absolute atomic E-state index is 14.3. The molecule has 0 unspecified atom stereocenters. The van der Waals surface area contributed by atoms with E-state index in [4.69, 9.17) is 4.74 Å². The molecule has 0 aromatic heterocycles. The Kier molecular flexibility index (Phi) is 8.23. The third-order valence-corrected chi connectivity index (χ3v) is 9.20. The van der Waals surface area contributed by atoms with Gasteiger partial charge in [0.2, 0.25) is 0 Å². The zero-order valence-electron chi connectivity index (χ0n) is 26.1. The number of aromatic hydroxyl groups is 1. The predicted octanol–water partition coefficient (Wildman–Crippen LogP) is 6.73. The fourth-order valence-electron chi connectivity index (χ4n) is 6.98. The molecule has 2 aliphatic heterocycles. The first-order valence-corrected chi connectivity index (χ1v) is 15.8. The van der Waals surface area contributed by atoms with Crippen molar-refractivity contribution in [2.75, 3.05) is 49.1 Å². The van der Waals surface area contributed by atoms with Crippen LogP contribution >= 0.6 is 0 Å². The van der Waals surface area contributed by atoms with Crippen molar-refractivity contribution >= 4 is 17.3 Å². The first-order valence-electron chi connectivity index (χ1n) is 15.8. The standard InChI is InChI=1S/C37H42N4O3/c1-5-39(6-2)27-17-19-31-34(23-27)44-35-24-28(40(7-3)8-4)18-20-32(35)37(31)30-15-11-10-14-29(30)36(43)41(37)22-21-38-25-26-13-9-12-16-33(26)42/h9-20,23-24,38,42H,5-8,21-22,25H2,1-4H3. The van der Waals surface area contributed by atoms with Crippen LogP contribution in [0.3, 0.4) is 0 Å². The fraction of sp³-hybridized carbons (Fsp3) is 0.324. The van der Waals surface area contributed by atoms with Gasteiger partial charge in [0, 0.05) is 91.6 Å². The van der Waals surface area contributed by atoms with Gasteiger partial charge in [-0.1, -0.05) is 48.5 Å². The second-order valence-electron chi connectivity index (χ2n) is 11.3. The molecule has 0 radical (unpaired) electrons. The summed E-state index contributed by atoms with van der Waals surface area (Å²) >= 11 is 0. The van der Waals surface area contributed by atoms with Crippen LogP contribution in [0, 0.1) is 0 Å². The van der Waals surface area contributed by atoms with E-state index in [2.05, 4.69) is 85.3 Å². The average molecular weight is 591 g/mol. The van der Waals surface area contributed by atoms with E-state index < -0.39 is 5.54 Å². The lowest BCUT2D eigenvalue weighted by molar-refractivity contribution is 0.0667. The van der Waals surface area contributed by atoms with Crippen LogP contribution < -0.4 is 19.9 Å². The van der Waals surface area contributed by atoms with Crippen molar-refractivity contribution in [2.45, 2.75) is 39.8 Å². The highest BCUT2D eigenvalue weighted by molar-refractivity contribution is 6.02. The van der Waals surface area contributed by atoms with E-state index in [1.807, 2.05) is 41.3 Å². The molecule has 2 N–H and O–H groups in total. The maximum atomic E-state index is 14.3. The predicted molar refractivity (Wildman–Crippen MR) is 177 cm³/mol.